The van der Waals surface area contributed by atoms with E-state index in [9.17, 15) is 9.59 Å². The molecule has 0 aliphatic heterocycles. The highest BCUT2D eigenvalue weighted by molar-refractivity contribution is 6.29. The lowest BCUT2D eigenvalue weighted by molar-refractivity contribution is 0.398. The highest BCUT2D eigenvalue weighted by Gasteiger charge is 2.19. The van der Waals surface area contributed by atoms with Gasteiger partial charge in [-0.15, -0.1) is 0 Å². The molecule has 132 valence electrons. The summed E-state index contributed by atoms with van der Waals surface area (Å²) in [5.74, 6) is 1.28. The zero-order chi connectivity index (χ0) is 18.3. The highest BCUT2D eigenvalue weighted by Crippen LogP contribution is 2.27. The van der Waals surface area contributed by atoms with Crippen molar-refractivity contribution in [2.45, 2.75) is 6.54 Å². The van der Waals surface area contributed by atoms with Crippen LogP contribution in [-0.2, 0) is 20.6 Å². The maximum Gasteiger partial charge on any atom is 0.332 e. The van der Waals surface area contributed by atoms with Crippen LogP contribution in [0, 0.1) is 0 Å². The van der Waals surface area contributed by atoms with Crippen molar-refractivity contribution in [3.63, 3.8) is 0 Å². The van der Waals surface area contributed by atoms with Crippen molar-refractivity contribution < 1.29 is 9.47 Å². The Kier molecular flexibility index (Phi) is 4.30. The van der Waals surface area contributed by atoms with Gasteiger partial charge in [-0.2, -0.15) is 4.98 Å². The molecule has 0 aliphatic rings. The number of nitrogens with zero attached hydrogens (tertiary/aromatic N) is 4. The minimum absolute atomic E-state index is 0.109. The van der Waals surface area contributed by atoms with E-state index in [1.165, 1.54) is 11.6 Å². The molecule has 0 radical (unpaired) electrons. The lowest BCUT2D eigenvalue weighted by atomic mass is 10.2. The zero-order valence-electron chi connectivity index (χ0n) is 14.2. The first kappa shape index (κ1) is 17.1. The van der Waals surface area contributed by atoms with Gasteiger partial charge < -0.3 is 14.0 Å². The average Bonchev–Trinajstić information content (AvgIpc) is 2.94. The first-order valence-electron chi connectivity index (χ1n) is 7.41. The van der Waals surface area contributed by atoms with E-state index in [4.69, 9.17) is 21.1 Å². The Morgan fingerprint density at radius 3 is 2.48 bits per heavy atom. The van der Waals surface area contributed by atoms with Crippen LogP contribution >= 0.6 is 11.6 Å². The number of aryl methyl sites for hydroxylation is 1. The Balaban J connectivity index is 2.26. The number of benzene rings is 1. The van der Waals surface area contributed by atoms with E-state index in [-0.39, 0.29) is 23.0 Å². The highest BCUT2D eigenvalue weighted by atomic mass is 35.5. The van der Waals surface area contributed by atoms with Gasteiger partial charge in [0, 0.05) is 19.7 Å². The van der Waals surface area contributed by atoms with Crippen molar-refractivity contribution in [3.8, 4) is 11.5 Å². The SMILES string of the molecule is COc1ccc(OC)c(Cn2c(Cl)nc3c2c(=O)n(C)c(=O)n3C)c1. The predicted octanol–water partition coefficient (Wildman–Crippen LogP) is 1.15. The Morgan fingerprint density at radius 1 is 1.12 bits per heavy atom. The van der Waals surface area contributed by atoms with Crippen LogP contribution < -0.4 is 20.7 Å². The van der Waals surface area contributed by atoms with Crippen LogP contribution in [0.5, 0.6) is 11.5 Å². The van der Waals surface area contributed by atoms with Gasteiger partial charge in [-0.05, 0) is 29.8 Å². The number of halogens is 1. The maximum absolute atomic E-state index is 12.6. The van der Waals surface area contributed by atoms with Gasteiger partial charge in [-0.1, -0.05) is 0 Å². The lowest BCUT2D eigenvalue weighted by Gasteiger charge is -2.12. The maximum atomic E-state index is 12.6. The quantitative estimate of drug-likeness (QED) is 0.649. The van der Waals surface area contributed by atoms with E-state index >= 15 is 0 Å². The zero-order valence-corrected chi connectivity index (χ0v) is 15.0. The van der Waals surface area contributed by atoms with Gasteiger partial charge in [-0.25, -0.2) is 4.79 Å². The molecule has 3 rings (SSSR count). The van der Waals surface area contributed by atoms with E-state index in [0.29, 0.717) is 11.5 Å². The first-order chi connectivity index (χ1) is 11.9. The van der Waals surface area contributed by atoms with Crippen LogP contribution in [0.25, 0.3) is 11.2 Å². The molecular weight excluding hydrogens is 348 g/mol. The molecule has 1 aromatic carbocycles. The summed E-state index contributed by atoms with van der Waals surface area (Å²) in [4.78, 5) is 28.8. The van der Waals surface area contributed by atoms with Crippen LogP contribution in [0.1, 0.15) is 5.56 Å². The molecule has 0 amide bonds. The summed E-state index contributed by atoms with van der Waals surface area (Å²) < 4.78 is 14.5. The molecule has 0 N–H and O–H groups in total. The van der Waals surface area contributed by atoms with Crippen molar-refractivity contribution >= 4 is 22.8 Å². The third kappa shape index (κ3) is 2.68. The van der Waals surface area contributed by atoms with E-state index in [2.05, 4.69) is 4.98 Å². The summed E-state index contributed by atoms with van der Waals surface area (Å²) in [5, 5.41) is 0.109. The topological polar surface area (TPSA) is 80.3 Å². The number of rotatable bonds is 4. The number of fused-ring (bicyclic) bond motifs is 1. The van der Waals surface area contributed by atoms with Gasteiger partial charge in [0.05, 0.1) is 20.8 Å². The van der Waals surface area contributed by atoms with Crippen molar-refractivity contribution in [1.29, 1.82) is 0 Å². The molecule has 0 bridgehead atoms. The fourth-order valence-corrected chi connectivity index (χ4v) is 2.96. The monoisotopic (exact) mass is 364 g/mol. The molecule has 2 heterocycles. The van der Waals surface area contributed by atoms with Crippen molar-refractivity contribution in [2.24, 2.45) is 14.1 Å². The number of imidazole rings is 1. The third-order valence-electron chi connectivity index (χ3n) is 4.12. The second-order valence-electron chi connectivity index (χ2n) is 5.52. The van der Waals surface area contributed by atoms with Crippen molar-refractivity contribution in [1.82, 2.24) is 18.7 Å². The number of ether oxygens (including phenoxy) is 2. The van der Waals surface area contributed by atoms with Gasteiger partial charge in [0.15, 0.2) is 11.2 Å². The fourth-order valence-electron chi connectivity index (χ4n) is 2.74. The Morgan fingerprint density at radius 2 is 1.84 bits per heavy atom. The minimum atomic E-state index is -0.460. The Labute approximate surface area is 147 Å². The van der Waals surface area contributed by atoms with Gasteiger partial charge in [0.25, 0.3) is 5.56 Å². The van der Waals surface area contributed by atoms with E-state index in [1.807, 2.05) is 0 Å². The molecule has 8 nitrogen and oxygen atoms in total. The number of hydrogen-bond donors (Lipinski definition) is 0. The molecule has 25 heavy (non-hydrogen) atoms. The van der Waals surface area contributed by atoms with Crippen molar-refractivity contribution in [3.05, 3.63) is 49.9 Å². The van der Waals surface area contributed by atoms with E-state index in [1.54, 1.807) is 44.0 Å². The molecule has 0 fully saturated rings. The molecule has 0 atom stereocenters. The molecule has 0 saturated heterocycles. The molecule has 2 aromatic heterocycles. The van der Waals surface area contributed by atoms with Gasteiger partial charge in [0.2, 0.25) is 5.28 Å². The molecule has 3 aromatic rings. The average molecular weight is 365 g/mol. The van der Waals surface area contributed by atoms with Crippen LogP contribution in [0.3, 0.4) is 0 Å². The summed E-state index contributed by atoms with van der Waals surface area (Å²) in [7, 11) is 6.09. The molecule has 0 spiro atoms. The van der Waals surface area contributed by atoms with E-state index in [0.717, 1.165) is 10.1 Å². The second kappa shape index (κ2) is 6.29. The van der Waals surface area contributed by atoms with Crippen LogP contribution in [0.4, 0.5) is 0 Å². The van der Waals surface area contributed by atoms with Crippen LogP contribution in [0.15, 0.2) is 27.8 Å². The standard InChI is InChI=1S/C16H17ClN4O4/c1-19-13-12(14(22)20(2)16(19)23)21(15(17)18-13)8-9-7-10(24-3)5-6-11(9)25-4/h5-7H,8H2,1-4H3. The van der Waals surface area contributed by atoms with Crippen LogP contribution in [0.2, 0.25) is 5.28 Å². The molecular formula is C16H17ClN4O4. The third-order valence-corrected chi connectivity index (χ3v) is 4.41. The molecule has 0 saturated carbocycles. The lowest BCUT2D eigenvalue weighted by Crippen LogP contribution is -2.37. The summed E-state index contributed by atoms with van der Waals surface area (Å²) in [5.41, 5.74) is 0.329. The van der Waals surface area contributed by atoms with Crippen LogP contribution in [-0.4, -0.2) is 32.9 Å². The summed E-state index contributed by atoms with van der Waals surface area (Å²) in [6, 6.07) is 5.35. The number of aromatic nitrogens is 4. The second-order valence-corrected chi connectivity index (χ2v) is 5.86. The van der Waals surface area contributed by atoms with Gasteiger partial charge in [0.1, 0.15) is 11.5 Å². The van der Waals surface area contributed by atoms with Gasteiger partial charge >= 0.3 is 5.69 Å². The molecule has 0 aliphatic carbocycles. The number of methoxy groups -OCH3 is 2. The smallest absolute Gasteiger partial charge is 0.332 e. The normalized spacial score (nSPS) is 11.1. The Hall–Kier alpha value is -2.74. The minimum Gasteiger partial charge on any atom is -0.497 e. The fraction of sp³-hybridized carbons (Fsp3) is 0.312. The first-order valence-corrected chi connectivity index (χ1v) is 7.79. The van der Waals surface area contributed by atoms with Gasteiger partial charge in [-0.3, -0.25) is 13.9 Å². The summed E-state index contributed by atoms with van der Waals surface area (Å²) in [6.07, 6.45) is 0. The molecule has 0 unspecified atom stereocenters. The summed E-state index contributed by atoms with van der Waals surface area (Å²) in [6.45, 7) is 0.239. The van der Waals surface area contributed by atoms with E-state index < -0.39 is 11.2 Å². The Bertz CT molecular complexity index is 1080. The molecule has 9 heteroatoms. The largest absolute Gasteiger partial charge is 0.497 e. The van der Waals surface area contributed by atoms with Crippen molar-refractivity contribution in [2.75, 3.05) is 14.2 Å². The number of hydrogen-bond acceptors (Lipinski definition) is 5. The summed E-state index contributed by atoms with van der Waals surface area (Å²) >= 11 is 6.25. The predicted molar refractivity (Wildman–Crippen MR) is 93.9 cm³/mol.